The summed E-state index contributed by atoms with van der Waals surface area (Å²) in [7, 11) is -3.63. The van der Waals surface area contributed by atoms with Crippen molar-refractivity contribution in [1.82, 2.24) is 19.4 Å². The number of benzene rings is 2. The highest BCUT2D eigenvalue weighted by Crippen LogP contribution is 2.20. The summed E-state index contributed by atoms with van der Waals surface area (Å²) in [6, 6.07) is 16.3. The first-order valence-electron chi connectivity index (χ1n) is 11.7. The van der Waals surface area contributed by atoms with E-state index in [1.807, 2.05) is 31.2 Å². The molecule has 2 heterocycles. The molecule has 0 atom stereocenters. The molecule has 4 rings (SSSR count). The Balaban J connectivity index is 1.36. The van der Waals surface area contributed by atoms with Gasteiger partial charge < -0.3 is 14.8 Å². The first kappa shape index (κ1) is 25.5. The van der Waals surface area contributed by atoms with Crippen molar-refractivity contribution >= 4 is 15.9 Å². The lowest BCUT2D eigenvalue weighted by atomic mass is 10.1. The monoisotopic (exact) mass is 512 g/mol. The molecule has 36 heavy (non-hydrogen) atoms. The van der Waals surface area contributed by atoms with Crippen LogP contribution in [0.4, 0.5) is 0 Å². The van der Waals surface area contributed by atoms with Crippen LogP contribution in [0.5, 0.6) is 5.75 Å². The Labute approximate surface area is 209 Å². The van der Waals surface area contributed by atoms with Crippen LogP contribution in [0.25, 0.3) is 11.3 Å². The van der Waals surface area contributed by atoms with Gasteiger partial charge in [0.25, 0.3) is 11.5 Å². The van der Waals surface area contributed by atoms with Gasteiger partial charge in [-0.05, 0) is 61.5 Å². The van der Waals surface area contributed by atoms with Gasteiger partial charge in [0.2, 0.25) is 10.0 Å². The van der Waals surface area contributed by atoms with Gasteiger partial charge in [0.1, 0.15) is 5.75 Å². The molecule has 3 aromatic rings. The molecule has 0 saturated carbocycles. The SMILES string of the molecule is CCOc1ccc(-c2ccc(=O)n(CCNC(=O)c3ccc(S(=O)(=O)N4CCOCC4)cc3)n2)cc1. The lowest BCUT2D eigenvalue weighted by molar-refractivity contribution is 0.0730. The van der Waals surface area contributed by atoms with Gasteiger partial charge in [-0.25, -0.2) is 13.1 Å². The standard InChI is InChI=1S/C25H28N4O6S/c1-2-35-21-7-3-19(4-8-21)23-11-12-24(30)29(27-23)14-13-26-25(31)20-5-9-22(10-6-20)36(32,33)28-15-17-34-18-16-28/h3-12H,2,13-18H2,1H3,(H,26,31). The fourth-order valence-electron chi connectivity index (χ4n) is 3.74. The van der Waals surface area contributed by atoms with Crippen molar-refractivity contribution in [2.24, 2.45) is 0 Å². The first-order valence-corrected chi connectivity index (χ1v) is 13.1. The topological polar surface area (TPSA) is 120 Å². The molecule has 0 unspecified atom stereocenters. The molecule has 10 nitrogen and oxygen atoms in total. The van der Waals surface area contributed by atoms with Gasteiger partial charge >= 0.3 is 0 Å². The van der Waals surface area contributed by atoms with Crippen LogP contribution in [0.15, 0.2) is 70.4 Å². The van der Waals surface area contributed by atoms with Gasteiger partial charge in [0.05, 0.1) is 37.0 Å². The molecule has 0 spiro atoms. The number of morpholine rings is 1. The summed E-state index contributed by atoms with van der Waals surface area (Å²) in [4.78, 5) is 24.9. The van der Waals surface area contributed by atoms with Crippen LogP contribution < -0.4 is 15.6 Å². The minimum absolute atomic E-state index is 0.128. The van der Waals surface area contributed by atoms with Crippen molar-refractivity contribution in [3.8, 4) is 17.0 Å². The normalized spacial score (nSPS) is 14.4. The van der Waals surface area contributed by atoms with Crippen LogP contribution in [-0.4, -0.2) is 67.9 Å². The van der Waals surface area contributed by atoms with Gasteiger partial charge in [0.15, 0.2) is 0 Å². The molecule has 2 aromatic carbocycles. The summed E-state index contributed by atoms with van der Waals surface area (Å²) in [6.07, 6.45) is 0. The molecule has 190 valence electrons. The maximum absolute atomic E-state index is 12.7. The van der Waals surface area contributed by atoms with Crippen LogP contribution in [0.3, 0.4) is 0 Å². The minimum atomic E-state index is -3.63. The second-order valence-electron chi connectivity index (χ2n) is 8.03. The molecule has 1 N–H and O–H groups in total. The average Bonchev–Trinajstić information content (AvgIpc) is 2.91. The van der Waals surface area contributed by atoms with E-state index >= 15 is 0 Å². The van der Waals surface area contributed by atoms with E-state index in [9.17, 15) is 18.0 Å². The molecule has 0 bridgehead atoms. The summed E-state index contributed by atoms with van der Waals surface area (Å²) in [6.45, 7) is 4.17. The zero-order valence-electron chi connectivity index (χ0n) is 19.9. The van der Waals surface area contributed by atoms with Gasteiger partial charge in [-0.3, -0.25) is 9.59 Å². The number of nitrogens with one attached hydrogen (secondary N) is 1. The highest BCUT2D eigenvalue weighted by atomic mass is 32.2. The lowest BCUT2D eigenvalue weighted by Gasteiger charge is -2.26. The van der Waals surface area contributed by atoms with Crippen molar-refractivity contribution in [3.63, 3.8) is 0 Å². The summed E-state index contributed by atoms with van der Waals surface area (Å²) >= 11 is 0. The number of amides is 1. The highest BCUT2D eigenvalue weighted by molar-refractivity contribution is 7.89. The molecule has 1 aromatic heterocycles. The van der Waals surface area contributed by atoms with Gasteiger partial charge in [-0.15, -0.1) is 0 Å². The second-order valence-corrected chi connectivity index (χ2v) is 9.97. The zero-order valence-corrected chi connectivity index (χ0v) is 20.7. The van der Waals surface area contributed by atoms with Gasteiger partial charge in [-0.2, -0.15) is 9.40 Å². The number of rotatable bonds is 9. The number of hydrogen-bond acceptors (Lipinski definition) is 7. The molecule has 1 saturated heterocycles. The fourth-order valence-corrected chi connectivity index (χ4v) is 5.15. The summed E-state index contributed by atoms with van der Waals surface area (Å²) < 4.78 is 38.8. The Bertz CT molecular complexity index is 1350. The van der Waals surface area contributed by atoms with E-state index in [0.29, 0.717) is 44.2 Å². The Hall–Kier alpha value is -3.54. The third kappa shape index (κ3) is 5.99. The Morgan fingerprint density at radius 3 is 2.39 bits per heavy atom. The molecule has 11 heteroatoms. The van der Waals surface area contributed by atoms with Crippen molar-refractivity contribution < 1.29 is 22.7 Å². The van der Waals surface area contributed by atoms with Crippen LogP contribution >= 0.6 is 0 Å². The van der Waals surface area contributed by atoms with Crippen molar-refractivity contribution in [2.75, 3.05) is 39.5 Å². The number of carbonyl (C=O) groups is 1. The molecule has 1 aliphatic rings. The first-order chi connectivity index (χ1) is 17.4. The van der Waals surface area contributed by atoms with Gasteiger partial charge in [-0.1, -0.05) is 0 Å². The predicted octanol–water partition coefficient (Wildman–Crippen LogP) is 1.76. The van der Waals surface area contributed by atoms with E-state index in [4.69, 9.17) is 9.47 Å². The molecule has 0 radical (unpaired) electrons. The molecular weight excluding hydrogens is 484 g/mol. The maximum Gasteiger partial charge on any atom is 0.266 e. The quantitative estimate of drug-likeness (QED) is 0.464. The van der Waals surface area contributed by atoms with E-state index in [2.05, 4.69) is 10.4 Å². The Morgan fingerprint density at radius 2 is 1.72 bits per heavy atom. The zero-order chi connectivity index (χ0) is 25.5. The number of nitrogens with zero attached hydrogens (tertiary/aromatic N) is 3. The van der Waals surface area contributed by atoms with Crippen LogP contribution in [0, 0.1) is 0 Å². The third-order valence-corrected chi connectivity index (χ3v) is 7.57. The van der Waals surface area contributed by atoms with E-state index < -0.39 is 10.0 Å². The molecule has 1 aliphatic heterocycles. The smallest absolute Gasteiger partial charge is 0.266 e. The fraction of sp³-hybridized carbons (Fsp3) is 0.320. The number of aromatic nitrogens is 2. The molecule has 1 fully saturated rings. The van der Waals surface area contributed by atoms with E-state index in [1.165, 1.54) is 39.3 Å². The lowest BCUT2D eigenvalue weighted by Crippen LogP contribution is -2.40. The number of carbonyl (C=O) groups excluding carboxylic acids is 1. The largest absolute Gasteiger partial charge is 0.494 e. The summed E-state index contributed by atoms with van der Waals surface area (Å²) in [5.41, 5.74) is 1.50. The summed E-state index contributed by atoms with van der Waals surface area (Å²) in [5.74, 6) is 0.380. The maximum atomic E-state index is 12.7. The second kappa shape index (κ2) is 11.5. The number of sulfonamides is 1. The minimum Gasteiger partial charge on any atom is -0.494 e. The molecule has 0 aliphatic carbocycles. The third-order valence-electron chi connectivity index (χ3n) is 5.66. The number of hydrogen-bond donors (Lipinski definition) is 1. The van der Waals surface area contributed by atoms with E-state index in [1.54, 1.807) is 6.07 Å². The van der Waals surface area contributed by atoms with E-state index in [-0.39, 0.29) is 29.5 Å². The molecular formula is C25H28N4O6S. The van der Waals surface area contributed by atoms with Crippen LogP contribution in [0.2, 0.25) is 0 Å². The Morgan fingerprint density at radius 1 is 1.03 bits per heavy atom. The van der Waals surface area contributed by atoms with Crippen LogP contribution in [-0.2, 0) is 21.3 Å². The number of ether oxygens (including phenoxy) is 2. The van der Waals surface area contributed by atoms with Crippen molar-refractivity contribution in [3.05, 3.63) is 76.6 Å². The Kier molecular flexibility index (Phi) is 8.14. The van der Waals surface area contributed by atoms with Crippen molar-refractivity contribution in [2.45, 2.75) is 18.4 Å². The van der Waals surface area contributed by atoms with Crippen LogP contribution in [0.1, 0.15) is 17.3 Å². The predicted molar refractivity (Wildman–Crippen MR) is 133 cm³/mol. The summed E-state index contributed by atoms with van der Waals surface area (Å²) in [5, 5.41) is 7.15. The van der Waals surface area contributed by atoms with Crippen molar-refractivity contribution in [1.29, 1.82) is 0 Å². The average molecular weight is 513 g/mol. The highest BCUT2D eigenvalue weighted by Gasteiger charge is 2.26. The van der Waals surface area contributed by atoms with E-state index in [0.717, 1.165) is 11.3 Å². The van der Waals surface area contributed by atoms with Gasteiger partial charge in [0, 0.05) is 36.8 Å². The molecule has 1 amide bonds.